The zero-order chi connectivity index (χ0) is 29.6. The Labute approximate surface area is 259 Å². The van der Waals surface area contributed by atoms with Gasteiger partial charge < -0.3 is 20.1 Å². The monoisotopic (exact) mass is 619 g/mol. The number of hydrogen-bond donors (Lipinski definition) is 2. The minimum atomic E-state index is -3.30. The number of hydrogen-bond acceptors (Lipinski definition) is 8. The second-order valence-electron chi connectivity index (χ2n) is 13.1. The summed E-state index contributed by atoms with van der Waals surface area (Å²) in [6.45, 7) is 4.83. The number of thiophene rings is 1. The summed E-state index contributed by atoms with van der Waals surface area (Å²) in [7, 11) is -1.76. The molecule has 7 rings (SSSR count). The minimum Gasteiger partial charge on any atom is -0.495 e. The Kier molecular flexibility index (Phi) is 7.83. The predicted octanol–water partition coefficient (Wildman–Crippen LogP) is 5.78. The molecular formula is C34H41N3O4S2. The van der Waals surface area contributed by atoms with E-state index < -0.39 is 9.84 Å². The maximum Gasteiger partial charge on any atom is 0.175 e. The Hall–Kier alpha value is -2.77. The van der Waals surface area contributed by atoms with E-state index in [1.807, 2.05) is 11.3 Å². The smallest absolute Gasteiger partial charge is 0.175 e. The molecule has 2 aromatic carbocycles. The minimum absolute atomic E-state index is 0.238. The molecule has 4 aliphatic rings. The van der Waals surface area contributed by atoms with Crippen molar-refractivity contribution in [2.24, 2.45) is 11.3 Å². The van der Waals surface area contributed by atoms with Crippen molar-refractivity contribution in [3.8, 4) is 17.6 Å². The van der Waals surface area contributed by atoms with Crippen molar-refractivity contribution in [1.82, 2.24) is 4.90 Å². The van der Waals surface area contributed by atoms with E-state index in [2.05, 4.69) is 45.6 Å². The number of fused-ring (bicyclic) bond motifs is 1. The molecule has 0 atom stereocenters. The first-order chi connectivity index (χ1) is 20.8. The van der Waals surface area contributed by atoms with Crippen LogP contribution >= 0.6 is 11.3 Å². The van der Waals surface area contributed by atoms with Crippen LogP contribution in [-0.2, 0) is 21.0 Å². The first-order valence-corrected chi connectivity index (χ1v) is 18.2. The lowest BCUT2D eigenvalue weighted by molar-refractivity contribution is -0.200. The van der Waals surface area contributed by atoms with Gasteiger partial charge in [0.2, 0.25) is 0 Å². The largest absolute Gasteiger partial charge is 0.495 e. The van der Waals surface area contributed by atoms with Gasteiger partial charge in [-0.1, -0.05) is 24.0 Å². The number of sulfone groups is 1. The summed E-state index contributed by atoms with van der Waals surface area (Å²) in [6, 6.07) is 12.9. The van der Waals surface area contributed by atoms with Gasteiger partial charge in [-0.3, -0.25) is 4.90 Å². The fraction of sp³-hybridized carbons (Fsp3) is 0.529. The normalized spacial score (nSPS) is 23.2. The summed E-state index contributed by atoms with van der Waals surface area (Å²) < 4.78 is 36.1. The van der Waals surface area contributed by atoms with Gasteiger partial charge in [0.15, 0.2) is 9.84 Å². The first kappa shape index (κ1) is 29.0. The SMILES string of the molecule is COc1cc(S(C)(=O)=O)ccc1NCC#Cc1sc2c(NC3CCC(N4CC5(COC5)C4)CC3)cccc2c1CC1CC1. The lowest BCUT2D eigenvalue weighted by atomic mass is 9.75. The van der Waals surface area contributed by atoms with Crippen LogP contribution in [0.1, 0.15) is 49.0 Å². The Morgan fingerprint density at radius 1 is 1.07 bits per heavy atom. The van der Waals surface area contributed by atoms with E-state index in [-0.39, 0.29) is 4.90 Å². The molecule has 2 N–H and O–H groups in total. The van der Waals surface area contributed by atoms with Crippen LogP contribution in [0.3, 0.4) is 0 Å². The average molecular weight is 620 g/mol. The van der Waals surface area contributed by atoms with Gasteiger partial charge in [-0.15, -0.1) is 11.3 Å². The maximum absolute atomic E-state index is 11.9. The molecule has 3 aromatic rings. The molecule has 228 valence electrons. The van der Waals surface area contributed by atoms with Crippen molar-refractivity contribution in [3.63, 3.8) is 0 Å². The second-order valence-corrected chi connectivity index (χ2v) is 16.1. The molecule has 2 aliphatic heterocycles. The van der Waals surface area contributed by atoms with Crippen LogP contribution < -0.4 is 15.4 Å². The highest BCUT2D eigenvalue weighted by Gasteiger charge is 2.50. The van der Waals surface area contributed by atoms with E-state index in [0.29, 0.717) is 23.8 Å². The Morgan fingerprint density at radius 2 is 1.86 bits per heavy atom. The van der Waals surface area contributed by atoms with Crippen LogP contribution in [0, 0.1) is 23.2 Å². The first-order valence-electron chi connectivity index (χ1n) is 15.5. The molecule has 2 saturated carbocycles. The van der Waals surface area contributed by atoms with Crippen molar-refractivity contribution in [2.75, 3.05) is 56.8 Å². The molecule has 0 bridgehead atoms. The van der Waals surface area contributed by atoms with Crippen molar-refractivity contribution >= 4 is 42.6 Å². The molecular weight excluding hydrogens is 579 g/mol. The summed E-state index contributed by atoms with van der Waals surface area (Å²) in [5, 5.41) is 8.59. The van der Waals surface area contributed by atoms with Gasteiger partial charge in [0.1, 0.15) is 5.75 Å². The number of nitrogens with zero attached hydrogens (tertiary/aromatic N) is 1. The van der Waals surface area contributed by atoms with Gasteiger partial charge in [-0.25, -0.2) is 8.42 Å². The molecule has 1 aromatic heterocycles. The van der Waals surface area contributed by atoms with Crippen molar-refractivity contribution in [2.45, 2.75) is 61.9 Å². The quantitative estimate of drug-likeness (QED) is 0.294. The molecule has 0 amide bonds. The topological polar surface area (TPSA) is 79.9 Å². The van der Waals surface area contributed by atoms with Crippen LogP contribution in [0.4, 0.5) is 11.4 Å². The molecule has 7 nitrogen and oxygen atoms in total. The molecule has 1 spiro atoms. The molecule has 9 heteroatoms. The molecule has 2 saturated heterocycles. The molecule has 0 unspecified atom stereocenters. The molecule has 4 fully saturated rings. The van der Waals surface area contributed by atoms with Gasteiger partial charge in [0, 0.05) is 42.9 Å². The van der Waals surface area contributed by atoms with Gasteiger partial charge in [-0.2, -0.15) is 0 Å². The third-order valence-corrected chi connectivity index (χ3v) is 12.0. The molecule has 43 heavy (non-hydrogen) atoms. The van der Waals surface area contributed by atoms with E-state index in [0.717, 1.165) is 42.2 Å². The number of anilines is 2. The number of likely N-dealkylation sites (tertiary alicyclic amines) is 1. The molecule has 0 radical (unpaired) electrons. The molecule has 2 aliphatic carbocycles. The highest BCUT2D eigenvalue weighted by Crippen LogP contribution is 2.43. The number of benzene rings is 2. The summed E-state index contributed by atoms with van der Waals surface area (Å²) >= 11 is 1.82. The van der Waals surface area contributed by atoms with Crippen LogP contribution in [-0.4, -0.2) is 71.6 Å². The Balaban J connectivity index is 1.04. The van der Waals surface area contributed by atoms with Crippen molar-refractivity contribution in [3.05, 3.63) is 46.8 Å². The average Bonchev–Trinajstić information content (AvgIpc) is 3.70. The highest BCUT2D eigenvalue weighted by atomic mass is 32.2. The van der Waals surface area contributed by atoms with E-state index >= 15 is 0 Å². The number of rotatable bonds is 9. The standard InChI is InChI=1S/C34H41N3O4S2/c1-40-31-18-26(43(2,38)39)14-15-29(31)35-16-4-7-32-28(17-23-8-9-23)27-5-3-6-30(33(27)42-32)36-24-10-12-25(13-11-24)37-19-34(20-37)21-41-22-34/h3,5-6,14-15,18,23-25,35-36H,8-13,16-17,19-22H2,1-2H3. The summed E-state index contributed by atoms with van der Waals surface area (Å²) in [5.74, 6) is 8.07. The van der Waals surface area contributed by atoms with Crippen LogP contribution in [0.5, 0.6) is 5.75 Å². The Morgan fingerprint density at radius 3 is 2.53 bits per heavy atom. The van der Waals surface area contributed by atoms with Crippen molar-refractivity contribution in [1.29, 1.82) is 0 Å². The van der Waals surface area contributed by atoms with Crippen LogP contribution in [0.15, 0.2) is 41.3 Å². The van der Waals surface area contributed by atoms with E-state index in [1.54, 1.807) is 25.3 Å². The van der Waals surface area contributed by atoms with Crippen LogP contribution in [0.25, 0.3) is 10.1 Å². The van der Waals surface area contributed by atoms with E-state index in [9.17, 15) is 8.42 Å². The van der Waals surface area contributed by atoms with Gasteiger partial charge in [-0.05, 0) is 80.0 Å². The third kappa shape index (κ3) is 6.12. The lowest BCUT2D eigenvalue weighted by Crippen LogP contribution is -2.68. The van der Waals surface area contributed by atoms with Gasteiger partial charge >= 0.3 is 0 Å². The fourth-order valence-corrected chi connectivity index (χ4v) is 8.78. The van der Waals surface area contributed by atoms with Crippen LogP contribution in [0.2, 0.25) is 0 Å². The number of nitrogens with one attached hydrogen (secondary N) is 2. The zero-order valence-electron chi connectivity index (χ0n) is 25.1. The van der Waals surface area contributed by atoms with Gasteiger partial charge in [0.25, 0.3) is 0 Å². The second kappa shape index (κ2) is 11.6. The third-order valence-electron chi connectivity index (χ3n) is 9.64. The maximum atomic E-state index is 11.9. The van der Waals surface area contributed by atoms with Crippen molar-refractivity contribution < 1.29 is 17.9 Å². The summed E-state index contributed by atoms with van der Waals surface area (Å²) in [4.78, 5) is 4.10. The number of methoxy groups -OCH3 is 1. The van der Waals surface area contributed by atoms with Gasteiger partial charge in [0.05, 0.1) is 52.7 Å². The Bertz CT molecular complexity index is 1660. The van der Waals surface area contributed by atoms with E-state index in [1.165, 1.54) is 79.2 Å². The lowest BCUT2D eigenvalue weighted by Gasteiger charge is -2.58. The zero-order valence-corrected chi connectivity index (χ0v) is 26.7. The summed E-state index contributed by atoms with van der Waals surface area (Å²) in [6.07, 6.45) is 9.88. The number of ether oxygens (including phenoxy) is 2. The van der Waals surface area contributed by atoms with E-state index in [4.69, 9.17) is 9.47 Å². The highest BCUT2D eigenvalue weighted by molar-refractivity contribution is 7.90. The summed E-state index contributed by atoms with van der Waals surface area (Å²) in [5.41, 5.74) is 3.87. The predicted molar refractivity (Wildman–Crippen MR) is 174 cm³/mol. The molecule has 3 heterocycles. The fourth-order valence-electron chi connectivity index (χ4n) is 6.96.